The number of nitro groups is 2. The lowest BCUT2D eigenvalue weighted by molar-refractivity contribution is -0.480. The number of rotatable bonds is 5. The van der Waals surface area contributed by atoms with Crippen LogP contribution in [0, 0.1) is 32.1 Å². The van der Waals surface area contributed by atoms with Crippen molar-refractivity contribution in [3.63, 3.8) is 0 Å². The Hall–Kier alpha value is -1.72. The van der Waals surface area contributed by atoms with Gasteiger partial charge in [0.15, 0.2) is 0 Å². The summed E-state index contributed by atoms with van der Waals surface area (Å²) >= 11 is 0. The smallest absolute Gasteiger partial charge is 0.258 e. The number of nitrogens with zero attached hydrogens (tertiary/aromatic N) is 2. The molecule has 0 fully saturated rings. The van der Waals surface area contributed by atoms with Crippen molar-refractivity contribution in [1.82, 2.24) is 0 Å². The minimum absolute atomic E-state index is 0.115. The highest BCUT2D eigenvalue weighted by molar-refractivity contribution is 5.19. The first-order chi connectivity index (χ1) is 7.25. The summed E-state index contributed by atoms with van der Waals surface area (Å²) in [6.07, 6.45) is 2.58. The summed E-state index contributed by atoms with van der Waals surface area (Å²) < 4.78 is 0. The Labute approximate surface area is 94.0 Å². The first-order valence-electron chi connectivity index (χ1n) is 4.98. The van der Waals surface area contributed by atoms with Crippen LogP contribution in [-0.4, -0.2) is 9.85 Å². The third kappa shape index (κ3) is 4.68. The van der Waals surface area contributed by atoms with Gasteiger partial charge in [-0.2, -0.15) is 0 Å². The lowest BCUT2D eigenvalue weighted by Crippen LogP contribution is -2.11. The predicted octanol–water partition coefficient (Wildman–Crippen LogP) is 2.62. The molecule has 6 heteroatoms. The van der Waals surface area contributed by atoms with Crippen molar-refractivity contribution in [2.45, 2.75) is 27.7 Å². The molecule has 0 radical (unpaired) electrons. The molecular weight excluding hydrogens is 212 g/mol. The van der Waals surface area contributed by atoms with Crippen LogP contribution in [0.5, 0.6) is 0 Å². The van der Waals surface area contributed by atoms with E-state index in [0.29, 0.717) is 0 Å². The maximum Gasteiger partial charge on any atom is 0.342 e. The van der Waals surface area contributed by atoms with Crippen LogP contribution in [0.2, 0.25) is 0 Å². The molecule has 0 aromatic heterocycles. The monoisotopic (exact) mass is 228 g/mol. The van der Waals surface area contributed by atoms with Gasteiger partial charge < -0.3 is 0 Å². The third-order valence-electron chi connectivity index (χ3n) is 1.64. The second-order valence-corrected chi connectivity index (χ2v) is 4.11. The SMILES string of the molecule is CC(C)/C=C(\C(=C/C(C)C)[N+](=O)[O-])[N+](=O)[O-]. The number of allylic oxidation sites excluding steroid dienone is 2. The molecule has 0 spiro atoms. The topological polar surface area (TPSA) is 86.3 Å². The Morgan fingerprint density at radius 2 is 1.12 bits per heavy atom. The minimum atomic E-state index is -0.711. The van der Waals surface area contributed by atoms with Crippen LogP contribution in [0.1, 0.15) is 27.7 Å². The van der Waals surface area contributed by atoms with Gasteiger partial charge in [0.2, 0.25) is 0 Å². The normalized spacial score (nSPS) is 13.4. The molecule has 0 N–H and O–H groups in total. The van der Waals surface area contributed by atoms with E-state index in [9.17, 15) is 20.2 Å². The van der Waals surface area contributed by atoms with Gasteiger partial charge in [-0.25, -0.2) is 0 Å². The number of hydrogen-bond donors (Lipinski definition) is 0. The van der Waals surface area contributed by atoms with Gasteiger partial charge >= 0.3 is 11.4 Å². The van der Waals surface area contributed by atoms with Gasteiger partial charge in [0, 0.05) is 12.2 Å². The molecule has 0 aliphatic heterocycles. The van der Waals surface area contributed by atoms with Crippen LogP contribution in [0.25, 0.3) is 0 Å². The maximum absolute atomic E-state index is 10.8. The molecule has 0 heterocycles. The van der Waals surface area contributed by atoms with E-state index in [0.717, 1.165) is 0 Å². The fraction of sp³-hybridized carbons (Fsp3) is 0.600. The van der Waals surface area contributed by atoms with Crippen LogP contribution in [0.4, 0.5) is 0 Å². The maximum atomic E-state index is 10.8. The van der Waals surface area contributed by atoms with E-state index >= 15 is 0 Å². The molecule has 0 amide bonds. The van der Waals surface area contributed by atoms with Gasteiger partial charge in [0.1, 0.15) is 0 Å². The molecular formula is C10H16N2O4. The molecule has 90 valence electrons. The van der Waals surface area contributed by atoms with Gasteiger partial charge in [0.25, 0.3) is 0 Å². The van der Waals surface area contributed by atoms with Gasteiger partial charge in [-0.15, -0.1) is 0 Å². The van der Waals surface area contributed by atoms with Gasteiger partial charge in [0.05, 0.1) is 9.85 Å². The molecule has 0 aromatic carbocycles. The second-order valence-electron chi connectivity index (χ2n) is 4.11. The summed E-state index contributed by atoms with van der Waals surface area (Å²) in [6, 6.07) is 0. The Morgan fingerprint density at radius 3 is 1.25 bits per heavy atom. The van der Waals surface area contributed by atoms with Crippen molar-refractivity contribution < 1.29 is 9.85 Å². The van der Waals surface area contributed by atoms with Crippen molar-refractivity contribution in [2.75, 3.05) is 0 Å². The highest BCUT2D eigenvalue weighted by Crippen LogP contribution is 2.16. The van der Waals surface area contributed by atoms with E-state index in [1.807, 2.05) is 0 Å². The van der Waals surface area contributed by atoms with Gasteiger partial charge in [-0.3, -0.25) is 20.2 Å². The zero-order valence-electron chi connectivity index (χ0n) is 9.84. The zero-order chi connectivity index (χ0) is 12.9. The van der Waals surface area contributed by atoms with Crippen molar-refractivity contribution in [1.29, 1.82) is 0 Å². The minimum Gasteiger partial charge on any atom is -0.258 e. The van der Waals surface area contributed by atoms with Gasteiger partial charge in [-0.05, 0) is 11.8 Å². The molecule has 16 heavy (non-hydrogen) atoms. The van der Waals surface area contributed by atoms with E-state index in [1.54, 1.807) is 27.7 Å². The van der Waals surface area contributed by atoms with Crippen molar-refractivity contribution in [2.24, 2.45) is 11.8 Å². The summed E-state index contributed by atoms with van der Waals surface area (Å²) in [6.45, 7) is 6.93. The van der Waals surface area contributed by atoms with Gasteiger partial charge in [-0.1, -0.05) is 27.7 Å². The van der Waals surface area contributed by atoms with Crippen LogP contribution in [0.3, 0.4) is 0 Å². The van der Waals surface area contributed by atoms with E-state index in [2.05, 4.69) is 0 Å². The molecule has 0 saturated heterocycles. The molecule has 0 bridgehead atoms. The zero-order valence-corrected chi connectivity index (χ0v) is 9.84. The van der Waals surface area contributed by atoms with E-state index < -0.39 is 21.2 Å². The fourth-order valence-electron chi connectivity index (χ4n) is 1.11. The molecule has 0 aliphatic carbocycles. The Kier molecular flexibility index (Phi) is 5.35. The highest BCUT2D eigenvalue weighted by atomic mass is 16.6. The Bertz CT molecular complexity index is 309. The second kappa shape index (κ2) is 5.99. The first-order valence-corrected chi connectivity index (χ1v) is 4.98. The molecule has 0 unspecified atom stereocenters. The quantitative estimate of drug-likeness (QED) is 0.411. The molecule has 0 atom stereocenters. The largest absolute Gasteiger partial charge is 0.342 e. The molecule has 0 saturated carbocycles. The number of hydrogen-bond acceptors (Lipinski definition) is 4. The summed E-state index contributed by atoms with van der Waals surface area (Å²) in [5.74, 6) is -0.230. The third-order valence-corrected chi connectivity index (χ3v) is 1.64. The van der Waals surface area contributed by atoms with Crippen LogP contribution in [0.15, 0.2) is 23.5 Å². The van der Waals surface area contributed by atoms with Crippen LogP contribution >= 0.6 is 0 Å². The van der Waals surface area contributed by atoms with Crippen molar-refractivity contribution >= 4 is 0 Å². The molecule has 6 nitrogen and oxygen atoms in total. The summed E-state index contributed by atoms with van der Waals surface area (Å²) in [4.78, 5) is 20.1. The average molecular weight is 228 g/mol. The van der Waals surface area contributed by atoms with Crippen molar-refractivity contribution in [3.8, 4) is 0 Å². The van der Waals surface area contributed by atoms with E-state index in [4.69, 9.17) is 0 Å². The highest BCUT2D eigenvalue weighted by Gasteiger charge is 2.28. The van der Waals surface area contributed by atoms with Crippen LogP contribution in [-0.2, 0) is 0 Å². The molecule has 0 rings (SSSR count). The van der Waals surface area contributed by atoms with Crippen LogP contribution < -0.4 is 0 Å². The first kappa shape index (κ1) is 14.3. The Balaban J connectivity index is 5.46. The summed E-state index contributed by atoms with van der Waals surface area (Å²) in [7, 11) is 0. The average Bonchev–Trinajstić information content (AvgIpc) is 2.09. The summed E-state index contributed by atoms with van der Waals surface area (Å²) in [5, 5.41) is 21.5. The van der Waals surface area contributed by atoms with E-state index in [-0.39, 0.29) is 11.8 Å². The lowest BCUT2D eigenvalue weighted by atomic mass is 10.1. The van der Waals surface area contributed by atoms with Crippen molar-refractivity contribution in [3.05, 3.63) is 43.8 Å². The predicted molar refractivity (Wildman–Crippen MR) is 59.8 cm³/mol. The lowest BCUT2D eigenvalue weighted by Gasteiger charge is -2.00. The molecule has 0 aromatic rings. The molecule has 0 aliphatic rings. The van der Waals surface area contributed by atoms with E-state index in [1.165, 1.54) is 12.2 Å². The summed E-state index contributed by atoms with van der Waals surface area (Å²) in [5.41, 5.74) is -0.873. The fourth-order valence-corrected chi connectivity index (χ4v) is 1.11. The standard InChI is InChI=1S/C10H16N2O4/c1-7(2)5-9(11(13)14)10(12(15)16)6-8(3)4/h5-8H,1-4H3/b9-5+,10-6+. The Morgan fingerprint density at radius 1 is 0.875 bits per heavy atom.